The van der Waals surface area contributed by atoms with Crippen LogP contribution in [0.5, 0.6) is 0 Å². The van der Waals surface area contributed by atoms with Gasteiger partial charge in [0, 0.05) is 0 Å². The maximum absolute atomic E-state index is 6.06. The first-order valence-electron chi connectivity index (χ1n) is 5.61. The van der Waals surface area contributed by atoms with Crippen molar-refractivity contribution in [2.24, 2.45) is 0 Å². The molecule has 0 spiro atoms. The van der Waals surface area contributed by atoms with Crippen LogP contribution in [0.4, 0.5) is 5.82 Å². The molecule has 0 saturated carbocycles. The number of nitrogen functional groups attached to an aromatic ring is 1. The molecule has 2 aromatic rings. The monoisotopic (exact) mass is 293 g/mol. The largest absolute Gasteiger partial charge is 0.383 e. The number of anilines is 1. The number of nitrogens with two attached hydrogens (primary N) is 1. The van der Waals surface area contributed by atoms with E-state index in [1.807, 2.05) is 12.1 Å². The molecule has 0 aliphatic heterocycles. The van der Waals surface area contributed by atoms with E-state index in [1.54, 1.807) is 4.68 Å². The predicted octanol–water partition coefficient (Wildman–Crippen LogP) is 3.65. The number of nitrogens with zero attached hydrogens (tertiary/aromatic N) is 2. The van der Waals surface area contributed by atoms with Gasteiger partial charge in [-0.3, -0.25) is 0 Å². The topological polar surface area (TPSA) is 43.8 Å². The van der Waals surface area contributed by atoms with E-state index >= 15 is 0 Å². The molecule has 0 aliphatic rings. The second-order valence-electron chi connectivity index (χ2n) is 4.49. The molecule has 90 valence electrons. The lowest BCUT2D eigenvalue weighted by atomic mass is 10.1. The van der Waals surface area contributed by atoms with Crippen molar-refractivity contribution in [3.63, 3.8) is 0 Å². The van der Waals surface area contributed by atoms with Crippen LogP contribution in [0.2, 0.25) is 0 Å². The van der Waals surface area contributed by atoms with E-state index in [0.717, 1.165) is 15.9 Å². The van der Waals surface area contributed by atoms with Crippen molar-refractivity contribution in [1.29, 1.82) is 0 Å². The molecule has 0 atom stereocenters. The molecule has 3 nitrogen and oxygen atoms in total. The molecular weight excluding hydrogens is 278 g/mol. The molecule has 17 heavy (non-hydrogen) atoms. The Bertz CT molecular complexity index is 526. The van der Waals surface area contributed by atoms with E-state index in [0.29, 0.717) is 11.7 Å². The fourth-order valence-corrected chi connectivity index (χ4v) is 2.39. The number of aryl methyl sites for hydroxylation is 1. The quantitative estimate of drug-likeness (QED) is 0.918. The zero-order chi connectivity index (χ0) is 12.6. The van der Waals surface area contributed by atoms with Crippen molar-refractivity contribution >= 4 is 21.7 Å². The Morgan fingerprint density at radius 1 is 1.24 bits per heavy atom. The zero-order valence-corrected chi connectivity index (χ0v) is 11.8. The van der Waals surface area contributed by atoms with E-state index in [4.69, 9.17) is 5.73 Å². The molecule has 1 aromatic carbocycles. The first-order chi connectivity index (χ1) is 8.00. The Labute approximate surface area is 110 Å². The highest BCUT2D eigenvalue weighted by Crippen LogP contribution is 2.30. The van der Waals surface area contributed by atoms with Gasteiger partial charge in [0.05, 0.1) is 15.9 Å². The van der Waals surface area contributed by atoms with Gasteiger partial charge >= 0.3 is 0 Å². The molecule has 4 heteroatoms. The number of hydrogen-bond donors (Lipinski definition) is 1. The molecule has 0 radical (unpaired) electrons. The molecule has 0 bridgehead atoms. The summed E-state index contributed by atoms with van der Waals surface area (Å²) < 4.78 is 2.67. The summed E-state index contributed by atoms with van der Waals surface area (Å²) in [6.45, 7) is 6.27. The van der Waals surface area contributed by atoms with Crippen LogP contribution in [0, 0.1) is 6.92 Å². The minimum atomic E-state index is 0.346. The predicted molar refractivity (Wildman–Crippen MR) is 74.5 cm³/mol. The van der Waals surface area contributed by atoms with Crippen molar-refractivity contribution in [1.82, 2.24) is 9.78 Å². The van der Waals surface area contributed by atoms with Crippen LogP contribution in [0.1, 0.15) is 31.0 Å². The number of aromatic nitrogens is 2. The molecule has 1 aromatic heterocycles. The van der Waals surface area contributed by atoms with Crippen LogP contribution in [0.15, 0.2) is 28.7 Å². The van der Waals surface area contributed by atoms with Gasteiger partial charge in [-0.05, 0) is 40.9 Å². The summed E-state index contributed by atoms with van der Waals surface area (Å²) in [5, 5.41) is 4.55. The minimum absolute atomic E-state index is 0.346. The molecular formula is C13H16BrN3. The second kappa shape index (κ2) is 4.53. The van der Waals surface area contributed by atoms with E-state index < -0.39 is 0 Å². The lowest BCUT2D eigenvalue weighted by Crippen LogP contribution is -2.02. The summed E-state index contributed by atoms with van der Waals surface area (Å²) in [5.41, 5.74) is 9.27. The van der Waals surface area contributed by atoms with Crippen LogP contribution in [0.3, 0.4) is 0 Å². The van der Waals surface area contributed by atoms with Crippen molar-refractivity contribution in [2.75, 3.05) is 5.73 Å². The Balaban J connectivity index is 2.53. The average molecular weight is 294 g/mol. The highest BCUT2D eigenvalue weighted by molar-refractivity contribution is 9.10. The molecule has 0 fully saturated rings. The Hall–Kier alpha value is -1.29. The number of hydrogen-bond acceptors (Lipinski definition) is 2. The van der Waals surface area contributed by atoms with Gasteiger partial charge in [0.2, 0.25) is 0 Å². The van der Waals surface area contributed by atoms with Gasteiger partial charge in [0.1, 0.15) is 5.82 Å². The normalized spacial score (nSPS) is 11.1. The summed E-state index contributed by atoms with van der Waals surface area (Å²) in [4.78, 5) is 0. The summed E-state index contributed by atoms with van der Waals surface area (Å²) >= 11 is 3.51. The van der Waals surface area contributed by atoms with Gasteiger partial charge in [-0.15, -0.1) is 0 Å². The summed E-state index contributed by atoms with van der Waals surface area (Å²) in [6, 6.07) is 8.16. The van der Waals surface area contributed by atoms with Gasteiger partial charge in [0.15, 0.2) is 0 Å². The van der Waals surface area contributed by atoms with Crippen molar-refractivity contribution in [2.45, 2.75) is 26.7 Å². The highest BCUT2D eigenvalue weighted by atomic mass is 79.9. The van der Waals surface area contributed by atoms with Crippen LogP contribution >= 0.6 is 15.9 Å². The van der Waals surface area contributed by atoms with Gasteiger partial charge in [0.25, 0.3) is 0 Å². The Morgan fingerprint density at radius 2 is 1.82 bits per heavy atom. The van der Waals surface area contributed by atoms with Crippen LogP contribution in [0.25, 0.3) is 5.69 Å². The lowest BCUT2D eigenvalue weighted by Gasteiger charge is -2.04. The highest BCUT2D eigenvalue weighted by Gasteiger charge is 2.16. The third-order valence-corrected chi connectivity index (χ3v) is 3.52. The van der Waals surface area contributed by atoms with Crippen molar-refractivity contribution < 1.29 is 0 Å². The average Bonchev–Trinajstić information content (AvgIpc) is 2.58. The number of halogens is 1. The smallest absolute Gasteiger partial charge is 0.141 e. The fourth-order valence-electron chi connectivity index (χ4n) is 1.68. The second-order valence-corrected chi connectivity index (χ2v) is 5.28. The van der Waals surface area contributed by atoms with E-state index in [2.05, 4.69) is 53.9 Å². The Kier molecular flexibility index (Phi) is 3.24. The molecule has 0 amide bonds. The zero-order valence-electron chi connectivity index (χ0n) is 10.2. The van der Waals surface area contributed by atoms with Crippen LogP contribution in [-0.2, 0) is 0 Å². The van der Waals surface area contributed by atoms with Gasteiger partial charge in [-0.2, -0.15) is 5.10 Å². The molecule has 0 unspecified atom stereocenters. The Morgan fingerprint density at radius 3 is 2.29 bits per heavy atom. The summed E-state index contributed by atoms with van der Waals surface area (Å²) in [7, 11) is 0. The van der Waals surface area contributed by atoms with Gasteiger partial charge in [-0.25, -0.2) is 4.68 Å². The summed E-state index contributed by atoms with van der Waals surface area (Å²) in [6.07, 6.45) is 0. The van der Waals surface area contributed by atoms with Crippen molar-refractivity contribution in [3.8, 4) is 5.69 Å². The molecule has 0 aliphatic carbocycles. The SMILES string of the molecule is Cc1ccc(-n2nc(C(C)C)c(Br)c2N)cc1. The van der Waals surface area contributed by atoms with E-state index in [1.165, 1.54) is 5.56 Å². The maximum atomic E-state index is 6.06. The molecule has 0 saturated heterocycles. The standard InChI is InChI=1S/C13H16BrN3/c1-8(2)12-11(14)13(15)17(16-12)10-6-4-9(3)5-7-10/h4-8H,15H2,1-3H3. The third-order valence-electron chi connectivity index (χ3n) is 2.71. The first-order valence-corrected chi connectivity index (χ1v) is 6.41. The lowest BCUT2D eigenvalue weighted by molar-refractivity contribution is 0.769. The fraction of sp³-hybridized carbons (Fsp3) is 0.308. The van der Waals surface area contributed by atoms with E-state index in [9.17, 15) is 0 Å². The summed E-state index contributed by atoms with van der Waals surface area (Å²) in [5.74, 6) is 0.996. The van der Waals surface area contributed by atoms with E-state index in [-0.39, 0.29) is 0 Å². The van der Waals surface area contributed by atoms with Gasteiger partial charge < -0.3 is 5.73 Å². The number of benzene rings is 1. The van der Waals surface area contributed by atoms with Gasteiger partial charge in [-0.1, -0.05) is 31.5 Å². The van der Waals surface area contributed by atoms with Crippen LogP contribution < -0.4 is 5.73 Å². The molecule has 1 heterocycles. The maximum Gasteiger partial charge on any atom is 0.141 e. The third kappa shape index (κ3) is 2.22. The first kappa shape index (κ1) is 12.2. The minimum Gasteiger partial charge on any atom is -0.383 e. The van der Waals surface area contributed by atoms with Crippen LogP contribution in [-0.4, -0.2) is 9.78 Å². The van der Waals surface area contributed by atoms with Crippen molar-refractivity contribution in [3.05, 3.63) is 40.0 Å². The molecule has 2 N–H and O–H groups in total. The number of rotatable bonds is 2. The molecule has 2 rings (SSSR count).